The molecule has 0 aromatic heterocycles. The fourth-order valence-electron chi connectivity index (χ4n) is 2.32. The van der Waals surface area contributed by atoms with E-state index >= 15 is 0 Å². The Hall–Kier alpha value is -0.0800. The lowest BCUT2D eigenvalue weighted by Gasteiger charge is -2.42. The molecule has 2 nitrogen and oxygen atoms in total. The van der Waals surface area contributed by atoms with Crippen molar-refractivity contribution in [3.05, 3.63) is 0 Å². The van der Waals surface area contributed by atoms with E-state index in [1.165, 1.54) is 45.4 Å². The number of piperidine rings is 1. The Balaban J connectivity index is 0.000000396. The van der Waals surface area contributed by atoms with Crippen LogP contribution < -0.4 is 0 Å². The van der Waals surface area contributed by atoms with Crippen LogP contribution in [0.2, 0.25) is 0 Å². The summed E-state index contributed by atoms with van der Waals surface area (Å²) in [7, 11) is 2.23. The molecule has 2 saturated heterocycles. The number of hydrogen-bond acceptors (Lipinski definition) is 2. The largest absolute Gasteiger partial charge is 0.293 e. The predicted octanol–water partition coefficient (Wildman–Crippen LogP) is 2.16. The molecule has 0 aliphatic carbocycles. The van der Waals surface area contributed by atoms with Crippen molar-refractivity contribution in [2.75, 3.05) is 26.8 Å². The van der Waals surface area contributed by atoms with E-state index in [4.69, 9.17) is 0 Å². The van der Waals surface area contributed by atoms with Crippen LogP contribution in [0.1, 0.15) is 39.5 Å². The van der Waals surface area contributed by atoms with Gasteiger partial charge in [0.15, 0.2) is 0 Å². The van der Waals surface area contributed by atoms with Crippen LogP contribution in [0, 0.1) is 0 Å². The van der Waals surface area contributed by atoms with Gasteiger partial charge >= 0.3 is 0 Å². The summed E-state index contributed by atoms with van der Waals surface area (Å²) in [5, 5.41) is 0. The van der Waals surface area contributed by atoms with Crippen LogP contribution in [0.25, 0.3) is 0 Å². The summed E-state index contributed by atoms with van der Waals surface area (Å²) < 4.78 is 0. The highest BCUT2D eigenvalue weighted by Crippen LogP contribution is 2.22. The average Bonchev–Trinajstić information content (AvgIpc) is 2.21. The second-order valence-corrected chi connectivity index (χ2v) is 3.97. The Morgan fingerprint density at radius 2 is 1.77 bits per heavy atom. The summed E-state index contributed by atoms with van der Waals surface area (Å²) in [5.41, 5.74) is 0. The van der Waals surface area contributed by atoms with E-state index < -0.39 is 0 Å². The van der Waals surface area contributed by atoms with Crippen LogP contribution in [0.3, 0.4) is 0 Å². The van der Waals surface area contributed by atoms with Crippen molar-refractivity contribution >= 4 is 0 Å². The second kappa shape index (κ2) is 5.61. The maximum Gasteiger partial charge on any atom is 0.0506 e. The molecule has 0 aromatic carbocycles. The summed E-state index contributed by atoms with van der Waals surface area (Å²) >= 11 is 0. The third-order valence-corrected chi connectivity index (χ3v) is 3.02. The van der Waals surface area contributed by atoms with Gasteiger partial charge in [-0.15, -0.1) is 0 Å². The third kappa shape index (κ3) is 2.96. The molecule has 0 amide bonds. The standard InChI is InChI=1S/C9H18N2.C2H6/c1-10-7-5-9-4-2-3-6-11(9)8-10;1-2/h9H,2-8H2,1H3;1-2H3. The molecule has 1 unspecified atom stereocenters. The molecule has 78 valence electrons. The Labute approximate surface area is 82.9 Å². The van der Waals surface area contributed by atoms with Gasteiger partial charge in [-0.25, -0.2) is 0 Å². The molecular weight excluding hydrogens is 160 g/mol. The van der Waals surface area contributed by atoms with Gasteiger partial charge in [-0.1, -0.05) is 20.3 Å². The van der Waals surface area contributed by atoms with Gasteiger partial charge in [0.05, 0.1) is 6.67 Å². The number of nitrogens with zero attached hydrogens (tertiary/aromatic N) is 2. The molecule has 1 atom stereocenters. The first-order chi connectivity index (χ1) is 6.36. The normalized spacial score (nSPS) is 30.2. The lowest BCUT2D eigenvalue weighted by Crippen LogP contribution is -2.50. The topological polar surface area (TPSA) is 6.48 Å². The molecule has 2 heterocycles. The summed E-state index contributed by atoms with van der Waals surface area (Å²) in [6, 6.07) is 0.931. The molecule has 2 heteroatoms. The van der Waals surface area contributed by atoms with Gasteiger partial charge < -0.3 is 0 Å². The molecular formula is C11H24N2. The van der Waals surface area contributed by atoms with E-state index in [0.29, 0.717) is 0 Å². The molecule has 0 N–H and O–H groups in total. The summed E-state index contributed by atoms with van der Waals surface area (Å²) in [4.78, 5) is 5.08. The van der Waals surface area contributed by atoms with Crippen LogP contribution >= 0.6 is 0 Å². The summed E-state index contributed by atoms with van der Waals surface area (Å²) in [5.74, 6) is 0. The lowest BCUT2D eigenvalue weighted by atomic mass is 9.98. The first kappa shape index (κ1) is 11.0. The van der Waals surface area contributed by atoms with Gasteiger partial charge in [0.1, 0.15) is 0 Å². The van der Waals surface area contributed by atoms with Crippen molar-refractivity contribution in [3.63, 3.8) is 0 Å². The van der Waals surface area contributed by atoms with E-state index in [0.717, 1.165) is 6.04 Å². The van der Waals surface area contributed by atoms with E-state index in [1.807, 2.05) is 13.8 Å². The fourth-order valence-corrected chi connectivity index (χ4v) is 2.32. The minimum Gasteiger partial charge on any atom is -0.293 e. The molecule has 2 rings (SSSR count). The fraction of sp³-hybridized carbons (Fsp3) is 1.00. The summed E-state index contributed by atoms with van der Waals surface area (Å²) in [6.45, 7) is 7.86. The minimum absolute atomic E-state index is 0.931. The van der Waals surface area contributed by atoms with Crippen molar-refractivity contribution in [1.29, 1.82) is 0 Å². The first-order valence-electron chi connectivity index (χ1n) is 5.79. The molecule has 2 aliphatic heterocycles. The van der Waals surface area contributed by atoms with Gasteiger partial charge in [-0.2, -0.15) is 0 Å². The first-order valence-corrected chi connectivity index (χ1v) is 5.79. The molecule has 0 spiro atoms. The third-order valence-electron chi connectivity index (χ3n) is 3.02. The van der Waals surface area contributed by atoms with Gasteiger partial charge in [0.2, 0.25) is 0 Å². The number of hydrogen-bond donors (Lipinski definition) is 0. The van der Waals surface area contributed by atoms with Crippen LogP contribution in [-0.2, 0) is 0 Å². The minimum atomic E-state index is 0.931. The maximum absolute atomic E-state index is 2.65. The van der Waals surface area contributed by atoms with Crippen molar-refractivity contribution in [2.45, 2.75) is 45.6 Å². The Kier molecular flexibility index (Phi) is 4.74. The van der Waals surface area contributed by atoms with E-state index in [2.05, 4.69) is 16.8 Å². The van der Waals surface area contributed by atoms with Crippen LogP contribution in [0.5, 0.6) is 0 Å². The van der Waals surface area contributed by atoms with Gasteiger partial charge in [-0.3, -0.25) is 9.80 Å². The molecule has 2 aliphatic rings. The van der Waals surface area contributed by atoms with Crippen molar-refractivity contribution < 1.29 is 0 Å². The number of fused-ring (bicyclic) bond motifs is 1. The lowest BCUT2D eigenvalue weighted by molar-refractivity contribution is 0.0310. The van der Waals surface area contributed by atoms with Crippen molar-refractivity contribution in [2.24, 2.45) is 0 Å². The van der Waals surface area contributed by atoms with E-state index in [-0.39, 0.29) is 0 Å². The highest BCUT2D eigenvalue weighted by molar-refractivity contribution is 4.80. The van der Waals surface area contributed by atoms with Crippen LogP contribution in [-0.4, -0.2) is 42.6 Å². The molecule has 0 saturated carbocycles. The molecule has 0 bridgehead atoms. The van der Waals surface area contributed by atoms with Gasteiger partial charge in [0.25, 0.3) is 0 Å². The highest BCUT2D eigenvalue weighted by atomic mass is 15.3. The zero-order chi connectivity index (χ0) is 9.68. The Bertz CT molecular complexity index is 136. The zero-order valence-corrected chi connectivity index (χ0v) is 9.42. The SMILES string of the molecule is CC.CN1CCC2CCCCN2C1. The zero-order valence-electron chi connectivity index (χ0n) is 9.42. The molecule has 2 fully saturated rings. The monoisotopic (exact) mass is 184 g/mol. The number of rotatable bonds is 0. The maximum atomic E-state index is 2.65. The van der Waals surface area contributed by atoms with Gasteiger partial charge in [-0.05, 0) is 32.9 Å². The van der Waals surface area contributed by atoms with Crippen molar-refractivity contribution in [1.82, 2.24) is 9.80 Å². The quantitative estimate of drug-likeness (QED) is 0.569. The molecule has 13 heavy (non-hydrogen) atoms. The second-order valence-electron chi connectivity index (χ2n) is 3.97. The molecule has 0 radical (unpaired) electrons. The molecule has 0 aromatic rings. The van der Waals surface area contributed by atoms with Crippen LogP contribution in [0.4, 0.5) is 0 Å². The van der Waals surface area contributed by atoms with Crippen LogP contribution in [0.15, 0.2) is 0 Å². The highest BCUT2D eigenvalue weighted by Gasteiger charge is 2.26. The van der Waals surface area contributed by atoms with Gasteiger partial charge in [0, 0.05) is 12.6 Å². The van der Waals surface area contributed by atoms with E-state index in [1.54, 1.807) is 0 Å². The van der Waals surface area contributed by atoms with Crippen molar-refractivity contribution in [3.8, 4) is 0 Å². The summed E-state index contributed by atoms with van der Waals surface area (Å²) in [6.07, 6.45) is 5.74. The Morgan fingerprint density at radius 1 is 1.00 bits per heavy atom. The predicted molar refractivity (Wildman–Crippen MR) is 57.8 cm³/mol. The van der Waals surface area contributed by atoms with E-state index in [9.17, 15) is 0 Å². The smallest absolute Gasteiger partial charge is 0.0506 e. The Morgan fingerprint density at radius 3 is 2.54 bits per heavy atom. The average molecular weight is 184 g/mol.